The third-order valence-corrected chi connectivity index (χ3v) is 6.38. The summed E-state index contributed by atoms with van der Waals surface area (Å²) in [6.07, 6.45) is 7.93. The van der Waals surface area contributed by atoms with Crippen molar-refractivity contribution in [2.75, 3.05) is 32.7 Å². The zero-order chi connectivity index (χ0) is 19.9. The lowest BCUT2D eigenvalue weighted by molar-refractivity contribution is 0.217. The highest BCUT2D eigenvalue weighted by Crippen LogP contribution is 2.28. The summed E-state index contributed by atoms with van der Waals surface area (Å²) in [4.78, 5) is 9.61. The van der Waals surface area contributed by atoms with Gasteiger partial charge < -0.3 is 4.90 Å². The minimum absolute atomic E-state index is 0.666. The molecular weight excluding hydrogens is 378 g/mol. The Morgan fingerprint density at radius 2 is 1.69 bits per heavy atom. The molecule has 2 aromatic rings. The van der Waals surface area contributed by atoms with Crippen LogP contribution in [0.1, 0.15) is 54.8 Å². The quantitative estimate of drug-likeness (QED) is 0.653. The van der Waals surface area contributed by atoms with Crippen molar-refractivity contribution in [1.29, 1.82) is 0 Å². The number of likely N-dealkylation sites (tertiary alicyclic amines) is 2. The van der Waals surface area contributed by atoms with E-state index in [1.807, 2.05) is 18.3 Å². The van der Waals surface area contributed by atoms with Gasteiger partial charge in [-0.05, 0) is 87.6 Å². The Balaban J connectivity index is 1.18. The lowest BCUT2D eigenvalue weighted by atomic mass is 9.89. The molecule has 0 aliphatic carbocycles. The van der Waals surface area contributed by atoms with E-state index in [4.69, 9.17) is 11.6 Å². The summed E-state index contributed by atoms with van der Waals surface area (Å²) < 4.78 is 0. The molecule has 0 atom stereocenters. The minimum Gasteiger partial charge on any atom is -0.302 e. The Bertz CT molecular complexity index is 821. The fourth-order valence-electron chi connectivity index (χ4n) is 4.37. The number of benzene rings is 1. The molecule has 0 unspecified atom stereocenters. The maximum atomic E-state index is 6.00. The van der Waals surface area contributed by atoms with E-state index in [-0.39, 0.29) is 0 Å². The van der Waals surface area contributed by atoms with E-state index in [1.165, 1.54) is 44.3 Å². The molecule has 0 N–H and O–H groups in total. The van der Waals surface area contributed by atoms with Crippen LogP contribution in [-0.4, -0.2) is 47.5 Å². The predicted octanol–water partition coefficient (Wildman–Crippen LogP) is 4.95. The molecule has 2 aliphatic heterocycles. The highest BCUT2D eigenvalue weighted by atomic mass is 35.5. The number of hydrogen-bond donors (Lipinski definition) is 0. The van der Waals surface area contributed by atoms with Crippen LogP contribution in [0.25, 0.3) is 0 Å². The van der Waals surface area contributed by atoms with Crippen LogP contribution in [-0.2, 0) is 6.54 Å². The maximum absolute atomic E-state index is 6.00. The SMILES string of the molecule is Clc1ccc(C2CCN(CCC#Cc3ccc(CN4CCCC4)nc3)CC2)cc1. The van der Waals surface area contributed by atoms with Gasteiger partial charge in [0.05, 0.1) is 5.69 Å². The van der Waals surface area contributed by atoms with Crippen molar-refractivity contribution in [2.45, 2.75) is 44.6 Å². The zero-order valence-electron chi connectivity index (χ0n) is 17.1. The van der Waals surface area contributed by atoms with Gasteiger partial charge in [0.2, 0.25) is 0 Å². The number of piperidine rings is 1. The maximum Gasteiger partial charge on any atom is 0.0544 e. The molecule has 3 nitrogen and oxygen atoms in total. The molecule has 4 rings (SSSR count). The van der Waals surface area contributed by atoms with E-state index in [9.17, 15) is 0 Å². The molecule has 1 aromatic heterocycles. The second-order valence-electron chi connectivity index (χ2n) is 8.24. The second-order valence-corrected chi connectivity index (χ2v) is 8.68. The number of halogens is 1. The van der Waals surface area contributed by atoms with Crippen LogP contribution in [0.2, 0.25) is 5.02 Å². The molecule has 3 heterocycles. The first kappa shape index (κ1) is 20.4. The van der Waals surface area contributed by atoms with Crippen molar-refractivity contribution in [3.8, 4) is 11.8 Å². The van der Waals surface area contributed by atoms with Gasteiger partial charge in [-0.25, -0.2) is 0 Å². The molecule has 2 aliphatic rings. The van der Waals surface area contributed by atoms with Crippen molar-refractivity contribution >= 4 is 11.6 Å². The third kappa shape index (κ3) is 6.06. The topological polar surface area (TPSA) is 19.4 Å². The summed E-state index contributed by atoms with van der Waals surface area (Å²) in [5.41, 5.74) is 3.60. The van der Waals surface area contributed by atoms with Crippen LogP contribution in [0.4, 0.5) is 0 Å². The van der Waals surface area contributed by atoms with E-state index < -0.39 is 0 Å². The van der Waals surface area contributed by atoms with E-state index in [2.05, 4.69) is 50.9 Å². The van der Waals surface area contributed by atoms with E-state index in [0.717, 1.165) is 48.9 Å². The van der Waals surface area contributed by atoms with Crippen molar-refractivity contribution in [3.63, 3.8) is 0 Å². The first-order valence-electron chi connectivity index (χ1n) is 10.9. The second kappa shape index (κ2) is 10.3. The van der Waals surface area contributed by atoms with E-state index in [1.54, 1.807) is 0 Å². The van der Waals surface area contributed by atoms with Gasteiger partial charge >= 0.3 is 0 Å². The molecule has 0 amide bonds. The fourth-order valence-corrected chi connectivity index (χ4v) is 4.49. The Labute approximate surface area is 180 Å². The van der Waals surface area contributed by atoms with Crippen LogP contribution in [0.5, 0.6) is 0 Å². The molecule has 2 saturated heterocycles. The van der Waals surface area contributed by atoms with Gasteiger partial charge in [-0.15, -0.1) is 0 Å². The predicted molar refractivity (Wildman–Crippen MR) is 120 cm³/mol. The van der Waals surface area contributed by atoms with Crippen molar-refractivity contribution < 1.29 is 0 Å². The smallest absolute Gasteiger partial charge is 0.0544 e. The van der Waals surface area contributed by atoms with Crippen LogP contribution in [0, 0.1) is 11.8 Å². The largest absolute Gasteiger partial charge is 0.302 e. The molecule has 0 saturated carbocycles. The van der Waals surface area contributed by atoms with Crippen LogP contribution in [0.15, 0.2) is 42.6 Å². The van der Waals surface area contributed by atoms with Crippen LogP contribution in [0.3, 0.4) is 0 Å². The Morgan fingerprint density at radius 3 is 2.38 bits per heavy atom. The third-order valence-electron chi connectivity index (χ3n) is 6.12. The number of aromatic nitrogens is 1. The highest BCUT2D eigenvalue weighted by Gasteiger charge is 2.19. The molecule has 29 heavy (non-hydrogen) atoms. The van der Waals surface area contributed by atoms with Crippen LogP contribution < -0.4 is 0 Å². The first-order valence-corrected chi connectivity index (χ1v) is 11.3. The average molecular weight is 408 g/mol. The molecule has 0 spiro atoms. The van der Waals surface area contributed by atoms with Gasteiger partial charge in [-0.1, -0.05) is 35.6 Å². The Morgan fingerprint density at radius 1 is 0.931 bits per heavy atom. The summed E-state index contributed by atoms with van der Waals surface area (Å²) in [5.74, 6) is 7.28. The average Bonchev–Trinajstić information content (AvgIpc) is 3.27. The summed E-state index contributed by atoms with van der Waals surface area (Å²) >= 11 is 6.00. The standard InChI is InChI=1S/C25H30ClN3/c26-24-9-7-22(8-10-24)23-12-17-28(18-13-23)14-2-1-5-21-6-11-25(27-19-21)20-29-15-3-4-16-29/h6-11,19,23H,2-4,12-18,20H2. The first-order chi connectivity index (χ1) is 14.3. The fraction of sp³-hybridized carbons (Fsp3) is 0.480. The van der Waals surface area contributed by atoms with E-state index >= 15 is 0 Å². The number of nitrogens with zero attached hydrogens (tertiary/aromatic N) is 3. The van der Waals surface area contributed by atoms with Gasteiger partial charge in [-0.3, -0.25) is 9.88 Å². The monoisotopic (exact) mass is 407 g/mol. The molecule has 1 aromatic carbocycles. The lowest BCUT2D eigenvalue weighted by Crippen LogP contribution is -2.33. The van der Waals surface area contributed by atoms with E-state index in [0.29, 0.717) is 5.92 Å². The molecule has 2 fully saturated rings. The van der Waals surface area contributed by atoms with Crippen LogP contribution >= 0.6 is 11.6 Å². The van der Waals surface area contributed by atoms with Gasteiger partial charge in [-0.2, -0.15) is 0 Å². The lowest BCUT2D eigenvalue weighted by Gasteiger charge is -2.31. The minimum atomic E-state index is 0.666. The number of rotatable bonds is 5. The highest BCUT2D eigenvalue weighted by molar-refractivity contribution is 6.30. The van der Waals surface area contributed by atoms with Gasteiger partial charge in [0.25, 0.3) is 0 Å². The molecular formula is C25H30ClN3. The number of hydrogen-bond acceptors (Lipinski definition) is 3. The normalized spacial score (nSPS) is 18.5. The van der Waals surface area contributed by atoms with Gasteiger partial charge in [0, 0.05) is 36.3 Å². The Kier molecular flexibility index (Phi) is 7.22. The van der Waals surface area contributed by atoms with Gasteiger partial charge in [0.1, 0.15) is 0 Å². The van der Waals surface area contributed by atoms with Gasteiger partial charge in [0.15, 0.2) is 0 Å². The molecule has 0 radical (unpaired) electrons. The molecule has 4 heteroatoms. The molecule has 152 valence electrons. The summed E-state index contributed by atoms with van der Waals surface area (Å²) in [6.45, 7) is 6.75. The summed E-state index contributed by atoms with van der Waals surface area (Å²) in [7, 11) is 0. The van der Waals surface area contributed by atoms with Crippen molar-refractivity contribution in [1.82, 2.24) is 14.8 Å². The summed E-state index contributed by atoms with van der Waals surface area (Å²) in [6, 6.07) is 12.6. The summed E-state index contributed by atoms with van der Waals surface area (Å²) in [5, 5.41) is 0.821. The number of pyridine rings is 1. The van der Waals surface area contributed by atoms with Crippen molar-refractivity contribution in [3.05, 3.63) is 64.4 Å². The zero-order valence-corrected chi connectivity index (χ0v) is 17.9. The van der Waals surface area contributed by atoms with Crippen molar-refractivity contribution in [2.24, 2.45) is 0 Å². The molecule has 0 bridgehead atoms. The Hall–Kier alpha value is -1.86.